The van der Waals surface area contributed by atoms with E-state index < -0.39 is 5.97 Å². The van der Waals surface area contributed by atoms with E-state index >= 15 is 0 Å². The molecule has 0 spiro atoms. The van der Waals surface area contributed by atoms with Crippen molar-refractivity contribution in [2.75, 3.05) is 7.11 Å². The first-order chi connectivity index (χ1) is 14.3. The molecule has 0 bridgehead atoms. The molecule has 1 heterocycles. The van der Waals surface area contributed by atoms with E-state index in [1.54, 1.807) is 18.2 Å². The zero-order valence-electron chi connectivity index (χ0n) is 16.6. The van der Waals surface area contributed by atoms with Gasteiger partial charge in [0.15, 0.2) is 11.5 Å². The van der Waals surface area contributed by atoms with Crippen molar-refractivity contribution in [3.05, 3.63) is 61.0 Å². The molecule has 0 aliphatic heterocycles. The normalized spacial score (nSPS) is 11.2. The zero-order chi connectivity index (χ0) is 21.8. The molecule has 0 saturated carbocycles. The lowest BCUT2D eigenvalue weighted by Gasteiger charge is -2.11. The predicted molar refractivity (Wildman–Crippen MR) is 123 cm³/mol. The van der Waals surface area contributed by atoms with Gasteiger partial charge >= 0.3 is 5.97 Å². The molecule has 0 unspecified atom stereocenters. The number of methoxy groups -OCH3 is 1. The second-order valence-corrected chi connectivity index (χ2v) is 8.19. The molecule has 0 aliphatic carbocycles. The van der Waals surface area contributed by atoms with Gasteiger partial charge in [0, 0.05) is 27.9 Å². The lowest BCUT2D eigenvalue weighted by atomic mass is 10.2. The second-order valence-electron chi connectivity index (χ2n) is 6.42. The Bertz CT molecular complexity index is 1210. The van der Waals surface area contributed by atoms with Gasteiger partial charge in [-0.2, -0.15) is 9.78 Å². The molecular formula is C21H19Br2N3O4. The third-order valence-corrected chi connectivity index (χ3v) is 5.38. The van der Waals surface area contributed by atoms with Crippen molar-refractivity contribution < 1.29 is 14.3 Å². The van der Waals surface area contributed by atoms with Crippen LogP contribution in [0.5, 0.6) is 11.5 Å². The quantitative estimate of drug-likeness (QED) is 0.259. The fraction of sp³-hybridized carbons (Fsp3) is 0.238. The Morgan fingerprint density at radius 2 is 2.00 bits per heavy atom. The Hall–Kier alpha value is -2.52. The summed E-state index contributed by atoms with van der Waals surface area (Å²) in [5, 5.41) is 4.88. The summed E-state index contributed by atoms with van der Waals surface area (Å²) in [4.78, 5) is 29.0. The van der Waals surface area contributed by atoms with Crippen LogP contribution in [0.4, 0.5) is 0 Å². The first-order valence-electron chi connectivity index (χ1n) is 9.15. The molecule has 3 aromatic rings. The lowest BCUT2D eigenvalue weighted by molar-refractivity contribution is -0.132. The topological polar surface area (TPSA) is 82.8 Å². The Kier molecular flexibility index (Phi) is 7.04. The highest BCUT2D eigenvalue weighted by molar-refractivity contribution is 9.10. The summed E-state index contributed by atoms with van der Waals surface area (Å²) in [6.07, 6.45) is 2.96. The smallest absolute Gasteiger partial charge is 0.308 e. The van der Waals surface area contributed by atoms with E-state index in [0.717, 1.165) is 10.9 Å². The predicted octanol–water partition coefficient (Wildman–Crippen LogP) is 4.69. The van der Waals surface area contributed by atoms with Crippen molar-refractivity contribution in [3.8, 4) is 11.5 Å². The molecule has 2 aromatic carbocycles. The minimum absolute atomic E-state index is 0.249. The molecule has 0 aliphatic rings. The summed E-state index contributed by atoms with van der Waals surface area (Å²) in [7, 11) is 1.48. The van der Waals surface area contributed by atoms with E-state index in [9.17, 15) is 9.59 Å². The van der Waals surface area contributed by atoms with Crippen molar-refractivity contribution in [2.45, 2.75) is 26.7 Å². The maximum Gasteiger partial charge on any atom is 0.308 e. The van der Waals surface area contributed by atoms with E-state index in [0.29, 0.717) is 38.9 Å². The van der Waals surface area contributed by atoms with Gasteiger partial charge in [0.1, 0.15) is 5.82 Å². The highest BCUT2D eigenvalue weighted by Gasteiger charge is 2.13. The summed E-state index contributed by atoms with van der Waals surface area (Å²) < 4.78 is 13.2. The number of carbonyl (C=O) groups excluding carboxylic acids is 1. The number of benzene rings is 2. The number of hydrogen-bond acceptors (Lipinski definition) is 6. The zero-order valence-corrected chi connectivity index (χ0v) is 19.8. The Morgan fingerprint density at radius 3 is 2.67 bits per heavy atom. The fourth-order valence-corrected chi connectivity index (χ4v) is 3.65. The fourth-order valence-electron chi connectivity index (χ4n) is 2.86. The number of aryl methyl sites for hydroxylation is 1. The van der Waals surface area contributed by atoms with Crippen molar-refractivity contribution >= 4 is 54.9 Å². The van der Waals surface area contributed by atoms with Gasteiger partial charge in [-0.15, -0.1) is 0 Å². The van der Waals surface area contributed by atoms with Crippen LogP contribution in [0.3, 0.4) is 0 Å². The number of nitrogens with zero attached hydrogens (tertiary/aromatic N) is 3. The monoisotopic (exact) mass is 535 g/mol. The van der Waals surface area contributed by atoms with Crippen LogP contribution in [-0.2, 0) is 11.2 Å². The SMILES string of the molecule is CCCc1nc2ccc(Br)cc2c(=O)n1N=Cc1cc(OC)c(OC(C)=O)cc1Br. The van der Waals surface area contributed by atoms with Gasteiger partial charge in [-0.05, 0) is 52.7 Å². The molecule has 9 heteroatoms. The van der Waals surface area contributed by atoms with Gasteiger partial charge in [-0.1, -0.05) is 22.9 Å². The molecule has 0 amide bonds. The van der Waals surface area contributed by atoms with Crippen molar-refractivity contribution in [2.24, 2.45) is 5.10 Å². The van der Waals surface area contributed by atoms with Gasteiger partial charge in [0.2, 0.25) is 0 Å². The van der Waals surface area contributed by atoms with E-state index in [1.807, 2.05) is 19.1 Å². The maximum atomic E-state index is 13.1. The van der Waals surface area contributed by atoms with Crippen molar-refractivity contribution in [1.82, 2.24) is 9.66 Å². The minimum Gasteiger partial charge on any atom is -0.493 e. The lowest BCUT2D eigenvalue weighted by Crippen LogP contribution is -2.22. The van der Waals surface area contributed by atoms with Crippen LogP contribution in [-0.4, -0.2) is 29.0 Å². The highest BCUT2D eigenvalue weighted by atomic mass is 79.9. The number of aromatic nitrogens is 2. The summed E-state index contributed by atoms with van der Waals surface area (Å²) in [6.45, 7) is 3.33. The van der Waals surface area contributed by atoms with Gasteiger partial charge < -0.3 is 9.47 Å². The van der Waals surface area contributed by atoms with E-state index in [-0.39, 0.29) is 11.3 Å². The van der Waals surface area contributed by atoms with E-state index in [1.165, 1.54) is 24.9 Å². The van der Waals surface area contributed by atoms with Gasteiger partial charge in [-0.25, -0.2) is 4.98 Å². The minimum atomic E-state index is -0.453. The Morgan fingerprint density at radius 1 is 1.23 bits per heavy atom. The number of fused-ring (bicyclic) bond motifs is 1. The third kappa shape index (κ3) is 4.79. The molecule has 30 heavy (non-hydrogen) atoms. The molecule has 3 rings (SSSR count). The molecular weight excluding hydrogens is 518 g/mol. The summed E-state index contributed by atoms with van der Waals surface area (Å²) in [5.74, 6) is 0.783. The third-order valence-electron chi connectivity index (χ3n) is 4.20. The van der Waals surface area contributed by atoms with Crippen LogP contribution in [0.2, 0.25) is 0 Å². The molecule has 1 aromatic heterocycles. The number of halogens is 2. The molecule has 0 N–H and O–H groups in total. The number of esters is 1. The van der Waals surface area contributed by atoms with Crippen LogP contribution >= 0.6 is 31.9 Å². The highest BCUT2D eigenvalue weighted by Crippen LogP contribution is 2.33. The maximum absolute atomic E-state index is 13.1. The molecule has 0 saturated heterocycles. The number of ether oxygens (including phenoxy) is 2. The summed E-state index contributed by atoms with van der Waals surface area (Å²) in [6, 6.07) is 8.68. The van der Waals surface area contributed by atoms with Crippen LogP contribution in [0.25, 0.3) is 10.9 Å². The van der Waals surface area contributed by atoms with Gasteiger partial charge in [0.05, 0.1) is 24.2 Å². The van der Waals surface area contributed by atoms with Crippen LogP contribution < -0.4 is 15.0 Å². The molecule has 0 radical (unpaired) electrons. The van der Waals surface area contributed by atoms with Gasteiger partial charge in [0.25, 0.3) is 5.56 Å². The van der Waals surface area contributed by atoms with E-state index in [4.69, 9.17) is 9.47 Å². The Balaban J connectivity index is 2.11. The molecule has 156 valence electrons. The molecule has 7 nitrogen and oxygen atoms in total. The number of carbonyl (C=O) groups is 1. The van der Waals surface area contributed by atoms with Crippen LogP contribution in [0.15, 0.2) is 49.2 Å². The van der Waals surface area contributed by atoms with Crippen molar-refractivity contribution in [3.63, 3.8) is 0 Å². The van der Waals surface area contributed by atoms with Crippen LogP contribution in [0.1, 0.15) is 31.7 Å². The first kappa shape index (κ1) is 22.2. The number of hydrogen-bond donors (Lipinski definition) is 0. The largest absolute Gasteiger partial charge is 0.493 e. The standard InChI is InChI=1S/C21H19Br2N3O4/c1-4-5-20-25-17-7-6-14(22)9-15(17)21(28)26(20)24-11-13-8-18(29-3)19(10-16(13)23)30-12(2)27/h6-11H,4-5H2,1-3H3. The molecule has 0 fully saturated rings. The van der Waals surface area contributed by atoms with Gasteiger partial charge in [-0.3, -0.25) is 9.59 Å². The summed E-state index contributed by atoms with van der Waals surface area (Å²) >= 11 is 6.84. The van der Waals surface area contributed by atoms with E-state index in [2.05, 4.69) is 41.9 Å². The average Bonchev–Trinajstić information content (AvgIpc) is 2.69. The first-order valence-corrected chi connectivity index (χ1v) is 10.7. The Labute approximate surface area is 190 Å². The van der Waals surface area contributed by atoms with Crippen LogP contribution in [0, 0.1) is 0 Å². The second kappa shape index (κ2) is 9.53. The van der Waals surface area contributed by atoms with Crippen molar-refractivity contribution in [1.29, 1.82) is 0 Å². The summed E-state index contributed by atoms with van der Waals surface area (Å²) in [5.41, 5.74) is 1.03. The molecule has 0 atom stereocenters. The number of rotatable bonds is 6. The average molecular weight is 537 g/mol.